The molecule has 84 valence electrons. The highest BCUT2D eigenvalue weighted by Crippen LogP contribution is 2.17. The molecular weight excluding hydrogens is 224 g/mol. The summed E-state index contributed by atoms with van der Waals surface area (Å²) in [4.78, 5) is 0. The smallest absolute Gasteiger partial charge is 0.0663 e. The fourth-order valence-corrected chi connectivity index (χ4v) is 1.86. The normalized spacial score (nSPS) is 10.7. The van der Waals surface area contributed by atoms with Crippen molar-refractivity contribution in [3.8, 4) is 5.69 Å². The Kier molecular flexibility index (Phi) is 3.27. The van der Waals surface area contributed by atoms with Crippen LogP contribution in [-0.4, -0.2) is 21.5 Å². The highest BCUT2D eigenvalue weighted by atomic mass is 35.5. The summed E-state index contributed by atoms with van der Waals surface area (Å²) >= 11 is 5.93. The van der Waals surface area contributed by atoms with E-state index in [9.17, 15) is 0 Å². The number of hydrogen-bond acceptors (Lipinski definition) is 2. The van der Waals surface area contributed by atoms with Crippen LogP contribution in [0.2, 0.25) is 5.02 Å². The third-order valence-corrected chi connectivity index (χ3v) is 2.78. The van der Waals surface area contributed by atoms with Gasteiger partial charge in [-0.25, -0.2) is 4.68 Å². The van der Waals surface area contributed by atoms with Crippen LogP contribution >= 0.6 is 11.6 Å². The molecule has 0 aliphatic carbocycles. The van der Waals surface area contributed by atoms with Gasteiger partial charge in [-0.15, -0.1) is 0 Å². The predicted molar refractivity (Wildman–Crippen MR) is 64.1 cm³/mol. The Balaban J connectivity index is 2.41. The topological polar surface area (TPSA) is 38.1 Å². The number of hydrogen-bond donors (Lipinski definition) is 1. The second-order valence-corrected chi connectivity index (χ2v) is 4.06. The standard InChI is InChI=1S/C12H13ClN2O/c1-9-10(5-6-16)8-14-15(9)12-4-2-3-11(13)7-12/h2-4,7-8,16H,5-6H2,1H3. The maximum absolute atomic E-state index is 8.91. The second kappa shape index (κ2) is 4.68. The monoisotopic (exact) mass is 236 g/mol. The Hall–Kier alpha value is -1.32. The first-order valence-electron chi connectivity index (χ1n) is 5.12. The molecule has 0 saturated heterocycles. The molecule has 1 heterocycles. The molecule has 0 bridgehead atoms. The summed E-state index contributed by atoms with van der Waals surface area (Å²) in [5.41, 5.74) is 3.04. The van der Waals surface area contributed by atoms with Crippen LogP contribution in [0.25, 0.3) is 5.69 Å². The van der Waals surface area contributed by atoms with Gasteiger partial charge < -0.3 is 5.11 Å². The van der Waals surface area contributed by atoms with Crippen LogP contribution in [-0.2, 0) is 6.42 Å². The lowest BCUT2D eigenvalue weighted by Gasteiger charge is -2.05. The average Bonchev–Trinajstić information content (AvgIpc) is 2.61. The van der Waals surface area contributed by atoms with E-state index in [2.05, 4.69) is 5.10 Å². The summed E-state index contributed by atoms with van der Waals surface area (Å²) in [6, 6.07) is 7.54. The van der Waals surface area contributed by atoms with E-state index in [4.69, 9.17) is 16.7 Å². The molecule has 0 aliphatic heterocycles. The van der Waals surface area contributed by atoms with Crippen molar-refractivity contribution in [1.82, 2.24) is 9.78 Å². The fourth-order valence-electron chi connectivity index (χ4n) is 1.68. The van der Waals surface area contributed by atoms with E-state index in [0.29, 0.717) is 11.4 Å². The Morgan fingerprint density at radius 1 is 1.44 bits per heavy atom. The molecule has 2 rings (SSSR count). The van der Waals surface area contributed by atoms with Crippen molar-refractivity contribution in [2.24, 2.45) is 0 Å². The number of aliphatic hydroxyl groups excluding tert-OH is 1. The number of aliphatic hydroxyl groups is 1. The number of aromatic nitrogens is 2. The molecular formula is C12H13ClN2O. The van der Waals surface area contributed by atoms with E-state index in [1.54, 1.807) is 6.20 Å². The Labute approximate surface area is 99.3 Å². The largest absolute Gasteiger partial charge is 0.396 e. The van der Waals surface area contributed by atoms with E-state index in [1.165, 1.54) is 0 Å². The van der Waals surface area contributed by atoms with Crippen molar-refractivity contribution >= 4 is 11.6 Å². The summed E-state index contributed by atoms with van der Waals surface area (Å²) in [7, 11) is 0. The quantitative estimate of drug-likeness (QED) is 0.889. The van der Waals surface area contributed by atoms with Crippen LogP contribution in [0.15, 0.2) is 30.5 Å². The molecule has 0 amide bonds. The van der Waals surface area contributed by atoms with Crippen LogP contribution < -0.4 is 0 Å². The second-order valence-electron chi connectivity index (χ2n) is 3.62. The summed E-state index contributed by atoms with van der Waals surface area (Å²) < 4.78 is 1.83. The number of benzene rings is 1. The van der Waals surface area contributed by atoms with Gasteiger partial charge in [-0.1, -0.05) is 17.7 Å². The van der Waals surface area contributed by atoms with Crippen LogP contribution in [0.5, 0.6) is 0 Å². The van der Waals surface area contributed by atoms with E-state index in [0.717, 1.165) is 16.9 Å². The van der Waals surface area contributed by atoms with Gasteiger partial charge in [0.05, 0.1) is 11.9 Å². The molecule has 0 unspecified atom stereocenters. The summed E-state index contributed by atoms with van der Waals surface area (Å²) in [6.07, 6.45) is 2.42. The van der Waals surface area contributed by atoms with Crippen LogP contribution in [0.3, 0.4) is 0 Å². The average molecular weight is 237 g/mol. The van der Waals surface area contributed by atoms with Gasteiger partial charge in [-0.2, -0.15) is 5.10 Å². The third-order valence-electron chi connectivity index (χ3n) is 2.55. The summed E-state index contributed by atoms with van der Waals surface area (Å²) in [5.74, 6) is 0. The highest BCUT2D eigenvalue weighted by molar-refractivity contribution is 6.30. The zero-order valence-electron chi connectivity index (χ0n) is 9.02. The van der Waals surface area contributed by atoms with Gasteiger partial charge in [0.15, 0.2) is 0 Å². The number of rotatable bonds is 3. The molecule has 0 saturated carbocycles. The van der Waals surface area contributed by atoms with Gasteiger partial charge >= 0.3 is 0 Å². The zero-order chi connectivity index (χ0) is 11.5. The molecule has 4 heteroatoms. The first-order valence-corrected chi connectivity index (χ1v) is 5.50. The molecule has 1 N–H and O–H groups in total. The Morgan fingerprint density at radius 3 is 2.94 bits per heavy atom. The Morgan fingerprint density at radius 2 is 2.25 bits per heavy atom. The van der Waals surface area contributed by atoms with E-state index in [1.807, 2.05) is 35.9 Å². The maximum atomic E-state index is 8.91. The lowest BCUT2D eigenvalue weighted by Crippen LogP contribution is -2.00. The van der Waals surface area contributed by atoms with Crippen molar-refractivity contribution in [2.75, 3.05) is 6.61 Å². The van der Waals surface area contributed by atoms with E-state index in [-0.39, 0.29) is 6.61 Å². The molecule has 0 fully saturated rings. The molecule has 16 heavy (non-hydrogen) atoms. The predicted octanol–water partition coefficient (Wildman–Crippen LogP) is 2.37. The van der Waals surface area contributed by atoms with Crippen molar-refractivity contribution in [2.45, 2.75) is 13.3 Å². The Bertz CT molecular complexity index is 494. The SMILES string of the molecule is Cc1c(CCO)cnn1-c1cccc(Cl)c1. The molecule has 0 spiro atoms. The summed E-state index contributed by atoms with van der Waals surface area (Å²) in [6.45, 7) is 2.13. The van der Waals surface area contributed by atoms with Crippen molar-refractivity contribution in [3.05, 3.63) is 46.7 Å². The van der Waals surface area contributed by atoms with E-state index < -0.39 is 0 Å². The van der Waals surface area contributed by atoms with Gasteiger partial charge in [-0.3, -0.25) is 0 Å². The lowest BCUT2D eigenvalue weighted by molar-refractivity contribution is 0.299. The number of halogens is 1. The molecule has 2 aromatic rings. The van der Waals surface area contributed by atoms with Gasteiger partial charge in [0, 0.05) is 17.3 Å². The molecule has 1 aromatic carbocycles. The molecule has 1 aromatic heterocycles. The minimum atomic E-state index is 0.141. The fraction of sp³-hybridized carbons (Fsp3) is 0.250. The van der Waals surface area contributed by atoms with Crippen molar-refractivity contribution in [1.29, 1.82) is 0 Å². The highest BCUT2D eigenvalue weighted by Gasteiger charge is 2.07. The molecule has 0 radical (unpaired) electrons. The summed E-state index contributed by atoms with van der Waals surface area (Å²) in [5, 5.41) is 13.9. The van der Waals surface area contributed by atoms with Gasteiger partial charge in [-0.05, 0) is 37.1 Å². The van der Waals surface area contributed by atoms with Crippen molar-refractivity contribution < 1.29 is 5.11 Å². The van der Waals surface area contributed by atoms with Crippen LogP contribution in [0, 0.1) is 6.92 Å². The maximum Gasteiger partial charge on any atom is 0.0663 e. The molecule has 0 aliphatic rings. The number of nitrogens with zero attached hydrogens (tertiary/aromatic N) is 2. The first-order chi connectivity index (χ1) is 7.72. The van der Waals surface area contributed by atoms with Crippen molar-refractivity contribution in [3.63, 3.8) is 0 Å². The van der Waals surface area contributed by atoms with E-state index >= 15 is 0 Å². The molecule has 0 atom stereocenters. The van der Waals surface area contributed by atoms with Crippen LogP contribution in [0.4, 0.5) is 0 Å². The minimum Gasteiger partial charge on any atom is -0.396 e. The van der Waals surface area contributed by atoms with Gasteiger partial charge in [0.2, 0.25) is 0 Å². The lowest BCUT2D eigenvalue weighted by atomic mass is 10.2. The molecule has 3 nitrogen and oxygen atoms in total. The first kappa shape index (κ1) is 11.2. The zero-order valence-corrected chi connectivity index (χ0v) is 9.78. The van der Waals surface area contributed by atoms with Gasteiger partial charge in [0.1, 0.15) is 0 Å². The minimum absolute atomic E-state index is 0.141. The van der Waals surface area contributed by atoms with Gasteiger partial charge in [0.25, 0.3) is 0 Å². The van der Waals surface area contributed by atoms with Crippen LogP contribution in [0.1, 0.15) is 11.3 Å². The third kappa shape index (κ3) is 2.10.